The number of rotatable bonds is 8. The van der Waals surface area contributed by atoms with E-state index in [1.165, 1.54) is 11.3 Å². The first-order chi connectivity index (χ1) is 13.2. The minimum atomic E-state index is 0.394. The third-order valence-corrected chi connectivity index (χ3v) is 4.38. The van der Waals surface area contributed by atoms with Crippen LogP contribution in [0.1, 0.15) is 11.1 Å². The average Bonchev–Trinajstić information content (AvgIpc) is 3.11. The number of hydrogen-bond donors (Lipinski definition) is 2. The van der Waals surface area contributed by atoms with E-state index in [-0.39, 0.29) is 0 Å². The quantitative estimate of drug-likeness (QED) is 0.454. The van der Waals surface area contributed by atoms with Gasteiger partial charge in [-0.1, -0.05) is 12.1 Å². The van der Waals surface area contributed by atoms with Gasteiger partial charge in [-0.2, -0.15) is 5.10 Å². The van der Waals surface area contributed by atoms with E-state index < -0.39 is 0 Å². The van der Waals surface area contributed by atoms with Gasteiger partial charge in [0, 0.05) is 5.38 Å². The number of benzene rings is 2. The third-order valence-electron chi connectivity index (χ3n) is 3.61. The van der Waals surface area contributed by atoms with Crippen molar-refractivity contribution in [3.63, 3.8) is 0 Å². The first-order valence-electron chi connectivity index (χ1n) is 8.12. The number of ether oxygens (including phenoxy) is 3. The van der Waals surface area contributed by atoms with E-state index >= 15 is 0 Å². The van der Waals surface area contributed by atoms with Crippen molar-refractivity contribution < 1.29 is 14.2 Å². The minimum Gasteiger partial charge on any atom is -0.497 e. The van der Waals surface area contributed by atoms with Gasteiger partial charge in [-0.3, -0.25) is 5.43 Å². The van der Waals surface area contributed by atoms with Crippen molar-refractivity contribution in [3.8, 4) is 17.2 Å². The molecule has 0 atom stereocenters. The van der Waals surface area contributed by atoms with E-state index in [0.717, 1.165) is 16.9 Å². The number of anilines is 2. The molecule has 0 spiro atoms. The number of hydrazone groups is 1. The molecule has 3 N–H and O–H groups in total. The highest BCUT2D eigenvalue weighted by molar-refractivity contribution is 7.14. The van der Waals surface area contributed by atoms with E-state index in [0.29, 0.717) is 29.1 Å². The Labute approximate surface area is 161 Å². The van der Waals surface area contributed by atoms with Crippen LogP contribution in [0.25, 0.3) is 0 Å². The molecule has 8 heteroatoms. The molecule has 2 aromatic carbocycles. The zero-order valence-corrected chi connectivity index (χ0v) is 15.8. The molecule has 27 heavy (non-hydrogen) atoms. The summed E-state index contributed by atoms with van der Waals surface area (Å²) in [5, 5.41) is 6.54. The fourth-order valence-corrected chi connectivity index (χ4v) is 2.86. The highest BCUT2D eigenvalue weighted by Crippen LogP contribution is 2.29. The van der Waals surface area contributed by atoms with Crippen LogP contribution in [0, 0.1) is 0 Å². The van der Waals surface area contributed by atoms with Gasteiger partial charge < -0.3 is 19.9 Å². The monoisotopic (exact) mass is 384 g/mol. The van der Waals surface area contributed by atoms with Crippen LogP contribution in [-0.4, -0.2) is 25.4 Å². The molecule has 1 heterocycles. The summed E-state index contributed by atoms with van der Waals surface area (Å²) in [5.74, 6) is 2.53. The number of nitrogen functional groups attached to an aromatic ring is 1. The van der Waals surface area contributed by atoms with E-state index in [4.69, 9.17) is 19.9 Å². The Kier molecular flexibility index (Phi) is 6.11. The summed E-state index contributed by atoms with van der Waals surface area (Å²) in [7, 11) is 3.25. The molecule has 0 amide bonds. The summed E-state index contributed by atoms with van der Waals surface area (Å²) in [5.41, 5.74) is 10.3. The lowest BCUT2D eigenvalue weighted by atomic mass is 10.2. The lowest BCUT2D eigenvalue weighted by molar-refractivity contribution is 0.284. The number of hydrogen-bond acceptors (Lipinski definition) is 8. The maximum Gasteiger partial charge on any atom is 0.205 e. The Bertz CT molecular complexity index is 927. The Morgan fingerprint density at radius 1 is 1.15 bits per heavy atom. The summed E-state index contributed by atoms with van der Waals surface area (Å²) in [6.45, 7) is 0.394. The molecule has 1 aromatic heterocycles. The van der Waals surface area contributed by atoms with Gasteiger partial charge in [0.05, 0.1) is 20.4 Å². The second-order valence-electron chi connectivity index (χ2n) is 5.50. The molecule has 3 rings (SSSR count). The highest BCUT2D eigenvalue weighted by Gasteiger charge is 2.06. The highest BCUT2D eigenvalue weighted by atomic mass is 32.1. The van der Waals surface area contributed by atoms with Crippen LogP contribution < -0.4 is 25.4 Å². The molecule has 0 aliphatic heterocycles. The fourth-order valence-electron chi connectivity index (χ4n) is 2.31. The van der Waals surface area contributed by atoms with Gasteiger partial charge in [0.15, 0.2) is 11.5 Å². The van der Waals surface area contributed by atoms with Gasteiger partial charge in [0.25, 0.3) is 0 Å². The second-order valence-corrected chi connectivity index (χ2v) is 6.36. The van der Waals surface area contributed by atoms with Crippen molar-refractivity contribution in [1.82, 2.24) is 4.98 Å². The molecule has 140 valence electrons. The van der Waals surface area contributed by atoms with Gasteiger partial charge in [0.1, 0.15) is 18.2 Å². The fraction of sp³-hybridized carbons (Fsp3) is 0.158. The van der Waals surface area contributed by atoms with Crippen molar-refractivity contribution >= 4 is 28.5 Å². The summed E-state index contributed by atoms with van der Waals surface area (Å²) < 4.78 is 16.5. The summed E-state index contributed by atoms with van der Waals surface area (Å²) >= 11 is 1.39. The van der Waals surface area contributed by atoms with Crippen molar-refractivity contribution in [2.45, 2.75) is 6.61 Å². The molecule has 0 aliphatic carbocycles. The SMILES string of the molecule is COc1cccc(COc2cc(C=NNc3nc(N)cs3)ccc2OC)c1. The standard InChI is InChI=1S/C19H20N4O3S/c1-24-15-5-3-4-14(8-15)11-26-17-9-13(6-7-16(17)25-2)10-21-23-19-22-18(20)12-27-19/h3-10,12H,11,20H2,1-2H3,(H,22,23). The lowest BCUT2D eigenvalue weighted by Crippen LogP contribution is -1.99. The molecule has 0 bridgehead atoms. The minimum absolute atomic E-state index is 0.394. The van der Waals surface area contributed by atoms with Gasteiger partial charge in [0.2, 0.25) is 5.13 Å². The first kappa shape index (κ1) is 18.5. The predicted octanol–water partition coefficient (Wildman–Crippen LogP) is 3.77. The second kappa shape index (κ2) is 8.91. The Hall–Kier alpha value is -3.26. The van der Waals surface area contributed by atoms with Crippen molar-refractivity contribution in [1.29, 1.82) is 0 Å². The maximum absolute atomic E-state index is 5.93. The zero-order chi connectivity index (χ0) is 19.1. The van der Waals surface area contributed by atoms with Crippen LogP contribution in [0.5, 0.6) is 17.2 Å². The summed E-state index contributed by atoms with van der Waals surface area (Å²) in [6.07, 6.45) is 1.68. The van der Waals surface area contributed by atoms with Crippen LogP contribution in [0.3, 0.4) is 0 Å². The number of nitrogens with two attached hydrogens (primary N) is 1. The van der Waals surface area contributed by atoms with Gasteiger partial charge >= 0.3 is 0 Å². The number of nitrogens with one attached hydrogen (secondary N) is 1. The topological polar surface area (TPSA) is 91.0 Å². The Morgan fingerprint density at radius 3 is 2.78 bits per heavy atom. The number of thiazole rings is 1. The van der Waals surface area contributed by atoms with Crippen molar-refractivity contribution in [2.75, 3.05) is 25.4 Å². The number of aromatic nitrogens is 1. The average molecular weight is 384 g/mol. The summed E-state index contributed by atoms with van der Waals surface area (Å²) in [4.78, 5) is 4.08. The van der Waals surface area contributed by atoms with Crippen molar-refractivity contribution in [2.24, 2.45) is 5.10 Å². The van der Waals surface area contributed by atoms with Crippen LogP contribution >= 0.6 is 11.3 Å². The first-order valence-corrected chi connectivity index (χ1v) is 9.00. The van der Waals surface area contributed by atoms with Gasteiger partial charge in [-0.25, -0.2) is 4.98 Å². The van der Waals surface area contributed by atoms with E-state index in [1.54, 1.807) is 25.8 Å². The van der Waals surface area contributed by atoms with E-state index in [2.05, 4.69) is 15.5 Å². The molecule has 3 aromatic rings. The van der Waals surface area contributed by atoms with E-state index in [9.17, 15) is 0 Å². The van der Waals surface area contributed by atoms with Gasteiger partial charge in [-0.05, 0) is 41.5 Å². The lowest BCUT2D eigenvalue weighted by Gasteiger charge is -2.12. The Morgan fingerprint density at radius 2 is 2.04 bits per heavy atom. The van der Waals surface area contributed by atoms with Gasteiger partial charge in [-0.15, -0.1) is 11.3 Å². The van der Waals surface area contributed by atoms with Crippen molar-refractivity contribution in [3.05, 3.63) is 59.0 Å². The molecule has 7 nitrogen and oxygen atoms in total. The molecular formula is C19H20N4O3S. The molecular weight excluding hydrogens is 364 g/mol. The zero-order valence-electron chi connectivity index (χ0n) is 15.0. The van der Waals surface area contributed by atoms with Crippen LogP contribution in [-0.2, 0) is 6.61 Å². The smallest absolute Gasteiger partial charge is 0.205 e. The molecule has 0 fully saturated rings. The maximum atomic E-state index is 5.93. The van der Waals surface area contributed by atoms with E-state index in [1.807, 2.05) is 42.5 Å². The summed E-state index contributed by atoms with van der Waals surface area (Å²) in [6, 6.07) is 13.3. The third kappa shape index (κ3) is 5.11. The largest absolute Gasteiger partial charge is 0.497 e. The normalized spacial score (nSPS) is 10.7. The van der Waals surface area contributed by atoms with Crippen LogP contribution in [0.15, 0.2) is 52.9 Å². The molecule has 0 unspecified atom stereocenters. The number of methoxy groups -OCH3 is 2. The molecule has 0 saturated carbocycles. The van der Waals surface area contributed by atoms with Crippen LogP contribution in [0.2, 0.25) is 0 Å². The molecule has 0 aliphatic rings. The molecule has 0 radical (unpaired) electrons. The predicted molar refractivity (Wildman–Crippen MR) is 108 cm³/mol. The van der Waals surface area contributed by atoms with Crippen LogP contribution in [0.4, 0.5) is 10.9 Å². The Balaban J connectivity index is 1.68. The molecule has 0 saturated heterocycles. The number of nitrogens with zero attached hydrogens (tertiary/aromatic N) is 2.